The van der Waals surface area contributed by atoms with E-state index in [9.17, 15) is 4.79 Å². The third-order valence-corrected chi connectivity index (χ3v) is 5.06. The number of aryl methyl sites for hydroxylation is 1. The average molecular weight is 357 g/mol. The molecule has 1 amide bonds. The molecule has 1 fully saturated rings. The topological polar surface area (TPSA) is 23.6 Å². The Morgan fingerprint density at radius 1 is 0.920 bits per heavy atom. The number of amides is 1. The molecule has 132 valence electrons. The van der Waals surface area contributed by atoms with Crippen LogP contribution in [0.2, 0.25) is 5.02 Å². The third-order valence-electron chi connectivity index (χ3n) is 4.80. The number of halogens is 1. The average Bonchev–Trinajstić information content (AvgIpc) is 2.89. The predicted molar refractivity (Wildman–Crippen MR) is 103 cm³/mol. The van der Waals surface area contributed by atoms with Crippen molar-refractivity contribution in [1.82, 2.24) is 9.80 Å². The van der Waals surface area contributed by atoms with Gasteiger partial charge in [-0.15, -0.1) is 0 Å². The molecule has 2 aromatic rings. The van der Waals surface area contributed by atoms with Crippen molar-refractivity contribution in [1.29, 1.82) is 0 Å². The molecule has 1 aliphatic rings. The highest BCUT2D eigenvalue weighted by Gasteiger charge is 2.20. The molecular weight excluding hydrogens is 332 g/mol. The minimum atomic E-state index is 0.149. The fourth-order valence-corrected chi connectivity index (χ4v) is 3.37. The van der Waals surface area contributed by atoms with Gasteiger partial charge < -0.3 is 4.90 Å². The van der Waals surface area contributed by atoms with Crippen LogP contribution < -0.4 is 0 Å². The van der Waals surface area contributed by atoms with Gasteiger partial charge in [-0.1, -0.05) is 42.8 Å². The molecule has 25 heavy (non-hydrogen) atoms. The predicted octanol–water partition coefficient (Wildman–Crippen LogP) is 4.25. The second-order valence-corrected chi connectivity index (χ2v) is 7.04. The summed E-state index contributed by atoms with van der Waals surface area (Å²) in [6, 6.07) is 16.0. The van der Waals surface area contributed by atoms with Gasteiger partial charge in [-0.2, -0.15) is 0 Å². The van der Waals surface area contributed by atoms with E-state index in [4.69, 9.17) is 11.6 Å². The number of carbonyl (C=O) groups excluding carboxylic acids is 1. The van der Waals surface area contributed by atoms with Crippen molar-refractivity contribution in [3.05, 3.63) is 70.2 Å². The molecular formula is C21H25ClN2O. The van der Waals surface area contributed by atoms with Crippen LogP contribution in [0.5, 0.6) is 0 Å². The molecule has 3 nitrogen and oxygen atoms in total. The SMILES string of the molecule is CCc1ccc(C(=O)N2CCCN(Cc3ccc(Cl)cc3)CC2)cc1. The zero-order valence-corrected chi connectivity index (χ0v) is 15.5. The van der Waals surface area contributed by atoms with Crippen LogP contribution in [-0.2, 0) is 13.0 Å². The Labute approximate surface area is 155 Å². The van der Waals surface area contributed by atoms with Gasteiger partial charge in [-0.3, -0.25) is 9.69 Å². The summed E-state index contributed by atoms with van der Waals surface area (Å²) in [5.41, 5.74) is 3.32. The molecule has 1 heterocycles. The summed E-state index contributed by atoms with van der Waals surface area (Å²) in [6.45, 7) is 6.56. The third kappa shape index (κ3) is 4.83. The highest BCUT2D eigenvalue weighted by Crippen LogP contribution is 2.15. The van der Waals surface area contributed by atoms with E-state index in [1.807, 2.05) is 29.2 Å². The summed E-state index contributed by atoms with van der Waals surface area (Å²) in [5.74, 6) is 0.149. The van der Waals surface area contributed by atoms with Gasteiger partial charge in [-0.25, -0.2) is 0 Å². The molecule has 0 unspecified atom stereocenters. The Morgan fingerprint density at radius 3 is 2.28 bits per heavy atom. The second-order valence-electron chi connectivity index (χ2n) is 6.60. The first kappa shape index (κ1) is 18.0. The van der Waals surface area contributed by atoms with E-state index in [0.717, 1.165) is 56.2 Å². The second kappa shape index (κ2) is 8.50. The van der Waals surface area contributed by atoms with Gasteiger partial charge >= 0.3 is 0 Å². The van der Waals surface area contributed by atoms with Crippen molar-refractivity contribution in [2.75, 3.05) is 26.2 Å². The van der Waals surface area contributed by atoms with E-state index < -0.39 is 0 Å². The minimum Gasteiger partial charge on any atom is -0.337 e. The van der Waals surface area contributed by atoms with Gasteiger partial charge in [0.05, 0.1) is 0 Å². The fourth-order valence-electron chi connectivity index (χ4n) is 3.25. The van der Waals surface area contributed by atoms with Crippen LogP contribution in [0.3, 0.4) is 0 Å². The zero-order chi connectivity index (χ0) is 17.6. The lowest BCUT2D eigenvalue weighted by Gasteiger charge is -2.22. The minimum absolute atomic E-state index is 0.149. The number of hydrogen-bond acceptors (Lipinski definition) is 2. The van der Waals surface area contributed by atoms with Crippen LogP contribution in [0, 0.1) is 0 Å². The Bertz CT molecular complexity index is 697. The van der Waals surface area contributed by atoms with Gasteiger partial charge in [0.2, 0.25) is 0 Å². The number of rotatable bonds is 4. The van der Waals surface area contributed by atoms with Crippen molar-refractivity contribution in [3.63, 3.8) is 0 Å². The molecule has 0 radical (unpaired) electrons. The van der Waals surface area contributed by atoms with Gasteiger partial charge in [0.1, 0.15) is 0 Å². The molecule has 3 rings (SSSR count). The quantitative estimate of drug-likeness (QED) is 0.817. The lowest BCUT2D eigenvalue weighted by Crippen LogP contribution is -2.35. The van der Waals surface area contributed by atoms with Gasteiger partial charge in [0.15, 0.2) is 0 Å². The maximum Gasteiger partial charge on any atom is 0.253 e. The molecule has 1 aliphatic heterocycles. The maximum absolute atomic E-state index is 12.7. The first-order valence-corrected chi connectivity index (χ1v) is 9.38. The lowest BCUT2D eigenvalue weighted by molar-refractivity contribution is 0.0761. The van der Waals surface area contributed by atoms with E-state index in [-0.39, 0.29) is 5.91 Å². The molecule has 0 aliphatic carbocycles. The molecule has 4 heteroatoms. The van der Waals surface area contributed by atoms with Crippen molar-refractivity contribution in [2.45, 2.75) is 26.3 Å². The standard InChI is InChI=1S/C21H25ClN2O/c1-2-17-4-8-19(9-5-17)21(25)24-13-3-12-23(14-15-24)16-18-6-10-20(22)11-7-18/h4-11H,2-3,12-16H2,1H3. The smallest absolute Gasteiger partial charge is 0.253 e. The van der Waals surface area contributed by atoms with Crippen molar-refractivity contribution in [2.24, 2.45) is 0 Å². The summed E-state index contributed by atoms with van der Waals surface area (Å²) in [4.78, 5) is 17.1. The monoisotopic (exact) mass is 356 g/mol. The summed E-state index contributed by atoms with van der Waals surface area (Å²) in [7, 11) is 0. The number of nitrogens with zero attached hydrogens (tertiary/aromatic N) is 2. The van der Waals surface area contributed by atoms with E-state index in [1.165, 1.54) is 11.1 Å². The normalized spacial score (nSPS) is 15.8. The van der Waals surface area contributed by atoms with Crippen LogP contribution >= 0.6 is 11.6 Å². The first-order valence-electron chi connectivity index (χ1n) is 9.00. The Hall–Kier alpha value is -1.84. The molecule has 1 saturated heterocycles. The summed E-state index contributed by atoms with van der Waals surface area (Å²) in [5, 5.41) is 0.769. The highest BCUT2D eigenvalue weighted by atomic mass is 35.5. The first-order chi connectivity index (χ1) is 12.2. The van der Waals surface area contributed by atoms with E-state index in [1.54, 1.807) is 0 Å². The summed E-state index contributed by atoms with van der Waals surface area (Å²) >= 11 is 5.95. The molecule has 0 N–H and O–H groups in total. The van der Waals surface area contributed by atoms with E-state index in [0.29, 0.717) is 0 Å². The largest absolute Gasteiger partial charge is 0.337 e. The summed E-state index contributed by atoms with van der Waals surface area (Å²) < 4.78 is 0. The van der Waals surface area contributed by atoms with Crippen LogP contribution in [-0.4, -0.2) is 41.9 Å². The van der Waals surface area contributed by atoms with Gasteiger partial charge in [-0.05, 0) is 48.2 Å². The maximum atomic E-state index is 12.7. The molecule has 0 saturated carbocycles. The van der Waals surface area contributed by atoms with Crippen LogP contribution in [0.1, 0.15) is 34.8 Å². The molecule has 0 aromatic heterocycles. The molecule has 0 atom stereocenters. The lowest BCUT2D eigenvalue weighted by atomic mass is 10.1. The Balaban J connectivity index is 1.58. The molecule has 0 spiro atoms. The van der Waals surface area contributed by atoms with Crippen LogP contribution in [0.15, 0.2) is 48.5 Å². The van der Waals surface area contributed by atoms with Gasteiger partial charge in [0.25, 0.3) is 5.91 Å². The van der Waals surface area contributed by atoms with Crippen LogP contribution in [0.4, 0.5) is 0 Å². The molecule has 0 bridgehead atoms. The van der Waals surface area contributed by atoms with E-state index in [2.05, 4.69) is 36.1 Å². The van der Waals surface area contributed by atoms with Crippen molar-refractivity contribution >= 4 is 17.5 Å². The highest BCUT2D eigenvalue weighted by molar-refractivity contribution is 6.30. The molecule has 2 aromatic carbocycles. The van der Waals surface area contributed by atoms with Crippen molar-refractivity contribution in [3.8, 4) is 0 Å². The van der Waals surface area contributed by atoms with E-state index >= 15 is 0 Å². The Morgan fingerprint density at radius 2 is 1.60 bits per heavy atom. The number of benzene rings is 2. The number of carbonyl (C=O) groups is 1. The fraction of sp³-hybridized carbons (Fsp3) is 0.381. The summed E-state index contributed by atoms with van der Waals surface area (Å²) in [6.07, 6.45) is 2.00. The zero-order valence-electron chi connectivity index (χ0n) is 14.7. The van der Waals surface area contributed by atoms with Gasteiger partial charge in [0, 0.05) is 43.3 Å². The van der Waals surface area contributed by atoms with Crippen molar-refractivity contribution < 1.29 is 4.79 Å². The number of hydrogen-bond donors (Lipinski definition) is 0. The van der Waals surface area contributed by atoms with Crippen LogP contribution in [0.25, 0.3) is 0 Å². The Kier molecular flexibility index (Phi) is 6.11.